The van der Waals surface area contributed by atoms with Crippen molar-refractivity contribution in [2.24, 2.45) is 0 Å². The van der Waals surface area contributed by atoms with Gasteiger partial charge in [0.05, 0.1) is 25.5 Å². The first-order chi connectivity index (χ1) is 15.2. The van der Waals surface area contributed by atoms with Gasteiger partial charge in [0, 0.05) is 22.7 Å². The summed E-state index contributed by atoms with van der Waals surface area (Å²) in [7, 11) is 3.21. The molecule has 7 heteroatoms. The predicted octanol–water partition coefficient (Wildman–Crippen LogP) is 5.04. The van der Waals surface area contributed by atoms with Gasteiger partial charge >= 0.3 is 0 Å². The lowest BCUT2D eigenvalue weighted by molar-refractivity contribution is -0.113. The number of hydrogen-bond acceptors (Lipinski definition) is 6. The van der Waals surface area contributed by atoms with Crippen LogP contribution in [0.3, 0.4) is 0 Å². The SMILES string of the molecule is COc1cccc(NC(=O)CSc2nc(-c3ccccc3)nc3ccc(OC)cc23)c1. The van der Waals surface area contributed by atoms with Crippen LogP contribution < -0.4 is 14.8 Å². The molecule has 156 valence electrons. The lowest BCUT2D eigenvalue weighted by atomic mass is 10.2. The van der Waals surface area contributed by atoms with Crippen molar-refractivity contribution in [2.45, 2.75) is 5.03 Å². The summed E-state index contributed by atoms with van der Waals surface area (Å²) in [5.74, 6) is 2.09. The zero-order valence-corrected chi connectivity index (χ0v) is 18.0. The molecule has 0 spiro atoms. The number of rotatable bonds is 7. The quantitative estimate of drug-likeness (QED) is 0.326. The lowest BCUT2D eigenvalue weighted by Gasteiger charge is -2.10. The highest BCUT2D eigenvalue weighted by Gasteiger charge is 2.13. The average Bonchev–Trinajstić information content (AvgIpc) is 2.82. The van der Waals surface area contributed by atoms with Gasteiger partial charge in [-0.3, -0.25) is 4.79 Å². The maximum atomic E-state index is 12.6. The van der Waals surface area contributed by atoms with Crippen molar-refractivity contribution < 1.29 is 14.3 Å². The lowest BCUT2D eigenvalue weighted by Crippen LogP contribution is -2.14. The van der Waals surface area contributed by atoms with Crippen LogP contribution in [0.1, 0.15) is 0 Å². The van der Waals surface area contributed by atoms with Crippen LogP contribution in [0.25, 0.3) is 22.3 Å². The fraction of sp³-hybridized carbons (Fsp3) is 0.125. The molecule has 1 aromatic heterocycles. The number of benzene rings is 3. The van der Waals surface area contributed by atoms with Gasteiger partial charge in [-0.1, -0.05) is 48.2 Å². The number of anilines is 1. The Morgan fingerprint density at radius 1 is 0.903 bits per heavy atom. The van der Waals surface area contributed by atoms with Gasteiger partial charge in [-0.2, -0.15) is 0 Å². The highest BCUT2D eigenvalue weighted by Crippen LogP contribution is 2.31. The van der Waals surface area contributed by atoms with Gasteiger partial charge in [0.25, 0.3) is 0 Å². The van der Waals surface area contributed by atoms with Crippen molar-refractivity contribution in [2.75, 3.05) is 25.3 Å². The number of amides is 1. The second-order valence-electron chi connectivity index (χ2n) is 6.67. The van der Waals surface area contributed by atoms with E-state index < -0.39 is 0 Å². The topological polar surface area (TPSA) is 73.3 Å². The number of nitrogens with one attached hydrogen (secondary N) is 1. The molecule has 31 heavy (non-hydrogen) atoms. The zero-order valence-electron chi connectivity index (χ0n) is 17.2. The Morgan fingerprint density at radius 3 is 2.45 bits per heavy atom. The number of aromatic nitrogens is 2. The molecule has 3 aromatic carbocycles. The van der Waals surface area contributed by atoms with Crippen LogP contribution >= 0.6 is 11.8 Å². The summed E-state index contributed by atoms with van der Waals surface area (Å²) in [6, 6.07) is 22.7. The van der Waals surface area contributed by atoms with Gasteiger partial charge in [0.1, 0.15) is 16.5 Å². The Balaban J connectivity index is 1.61. The Hall–Kier alpha value is -3.58. The standard InChI is InChI=1S/C24H21N3O3S/c1-29-18-10-6-9-17(13-18)25-22(28)15-31-24-20-14-19(30-2)11-12-21(20)26-23(27-24)16-7-4-3-5-8-16/h3-14H,15H2,1-2H3,(H,25,28). The molecule has 1 heterocycles. The molecule has 6 nitrogen and oxygen atoms in total. The first kappa shape index (κ1) is 20.7. The summed E-state index contributed by atoms with van der Waals surface area (Å²) in [6.45, 7) is 0. The number of ether oxygens (including phenoxy) is 2. The molecular formula is C24H21N3O3S. The summed E-state index contributed by atoms with van der Waals surface area (Å²) in [5.41, 5.74) is 2.40. The zero-order chi connectivity index (χ0) is 21.6. The normalized spacial score (nSPS) is 10.6. The van der Waals surface area contributed by atoms with Crippen molar-refractivity contribution in [3.05, 3.63) is 72.8 Å². The Bertz CT molecular complexity index is 1220. The van der Waals surface area contributed by atoms with E-state index in [2.05, 4.69) is 5.32 Å². The number of nitrogens with zero attached hydrogens (tertiary/aromatic N) is 2. The minimum absolute atomic E-state index is 0.130. The fourth-order valence-corrected chi connectivity index (χ4v) is 3.87. The molecule has 1 N–H and O–H groups in total. The summed E-state index contributed by atoms with van der Waals surface area (Å²) >= 11 is 1.37. The predicted molar refractivity (Wildman–Crippen MR) is 124 cm³/mol. The number of fused-ring (bicyclic) bond motifs is 1. The highest BCUT2D eigenvalue weighted by atomic mass is 32.2. The van der Waals surface area contributed by atoms with Crippen molar-refractivity contribution in [1.29, 1.82) is 0 Å². The van der Waals surface area contributed by atoms with E-state index in [1.54, 1.807) is 20.3 Å². The summed E-state index contributed by atoms with van der Waals surface area (Å²) in [4.78, 5) is 22.0. The molecule has 4 aromatic rings. The number of hydrogen-bond donors (Lipinski definition) is 1. The van der Waals surface area contributed by atoms with E-state index >= 15 is 0 Å². The molecule has 0 fully saturated rings. The average molecular weight is 432 g/mol. The molecule has 0 saturated heterocycles. The fourth-order valence-electron chi connectivity index (χ4n) is 3.06. The third kappa shape index (κ3) is 4.95. The third-order valence-electron chi connectivity index (χ3n) is 4.59. The van der Waals surface area contributed by atoms with Crippen LogP contribution in [-0.4, -0.2) is 35.8 Å². The molecule has 0 unspecified atom stereocenters. The first-order valence-corrected chi connectivity index (χ1v) is 10.6. The second kappa shape index (κ2) is 9.49. The molecule has 0 atom stereocenters. The van der Waals surface area contributed by atoms with Crippen LogP contribution in [0.4, 0.5) is 5.69 Å². The Kier molecular flexibility index (Phi) is 6.33. The highest BCUT2D eigenvalue weighted by molar-refractivity contribution is 8.00. The van der Waals surface area contributed by atoms with Crippen LogP contribution in [0.5, 0.6) is 11.5 Å². The molecule has 0 aliphatic heterocycles. The van der Waals surface area contributed by atoms with E-state index in [1.165, 1.54) is 11.8 Å². The Labute approximate surface area is 184 Å². The van der Waals surface area contributed by atoms with E-state index in [1.807, 2.05) is 66.7 Å². The molecule has 0 bridgehead atoms. The van der Waals surface area contributed by atoms with Crippen molar-refractivity contribution in [3.8, 4) is 22.9 Å². The van der Waals surface area contributed by atoms with Gasteiger partial charge < -0.3 is 14.8 Å². The minimum atomic E-state index is -0.130. The Morgan fingerprint density at radius 2 is 1.68 bits per heavy atom. The van der Waals surface area contributed by atoms with Crippen molar-refractivity contribution in [3.63, 3.8) is 0 Å². The largest absolute Gasteiger partial charge is 0.497 e. The molecule has 0 aliphatic carbocycles. The van der Waals surface area contributed by atoms with Crippen LogP contribution in [-0.2, 0) is 4.79 Å². The van der Waals surface area contributed by atoms with E-state index in [0.717, 1.165) is 21.5 Å². The van der Waals surface area contributed by atoms with Gasteiger partial charge in [0.2, 0.25) is 5.91 Å². The third-order valence-corrected chi connectivity index (χ3v) is 5.58. The maximum absolute atomic E-state index is 12.6. The van der Waals surface area contributed by atoms with Crippen molar-refractivity contribution in [1.82, 2.24) is 9.97 Å². The minimum Gasteiger partial charge on any atom is -0.497 e. The second-order valence-corrected chi connectivity index (χ2v) is 7.63. The number of carbonyl (C=O) groups excluding carboxylic acids is 1. The van der Waals surface area contributed by atoms with Gasteiger partial charge in [-0.15, -0.1) is 0 Å². The summed E-state index contributed by atoms with van der Waals surface area (Å²) in [6.07, 6.45) is 0. The van der Waals surface area contributed by atoms with E-state index in [4.69, 9.17) is 19.4 Å². The van der Waals surface area contributed by atoms with E-state index in [-0.39, 0.29) is 11.7 Å². The van der Waals surface area contributed by atoms with Crippen LogP contribution in [0, 0.1) is 0 Å². The van der Waals surface area contributed by atoms with E-state index in [0.29, 0.717) is 23.0 Å². The van der Waals surface area contributed by atoms with Crippen LogP contribution in [0.15, 0.2) is 77.8 Å². The van der Waals surface area contributed by atoms with Crippen LogP contribution in [0.2, 0.25) is 0 Å². The molecule has 4 rings (SSSR count). The smallest absolute Gasteiger partial charge is 0.234 e. The first-order valence-electron chi connectivity index (χ1n) is 9.64. The molecule has 0 radical (unpaired) electrons. The molecule has 0 aliphatic rings. The summed E-state index contributed by atoms with van der Waals surface area (Å²) < 4.78 is 10.6. The van der Waals surface area contributed by atoms with Gasteiger partial charge in [-0.05, 0) is 30.3 Å². The van der Waals surface area contributed by atoms with E-state index in [9.17, 15) is 4.79 Å². The van der Waals surface area contributed by atoms with Crippen molar-refractivity contribution >= 4 is 34.3 Å². The van der Waals surface area contributed by atoms with Gasteiger partial charge in [0.15, 0.2) is 5.82 Å². The van der Waals surface area contributed by atoms with Gasteiger partial charge in [-0.25, -0.2) is 9.97 Å². The molecule has 1 amide bonds. The number of carbonyl (C=O) groups is 1. The number of methoxy groups -OCH3 is 2. The number of thioether (sulfide) groups is 1. The monoisotopic (exact) mass is 431 g/mol. The molecule has 0 saturated carbocycles. The maximum Gasteiger partial charge on any atom is 0.234 e. The molecular weight excluding hydrogens is 410 g/mol. The summed E-state index contributed by atoms with van der Waals surface area (Å²) in [5, 5.41) is 4.47.